The van der Waals surface area contributed by atoms with Gasteiger partial charge in [0.1, 0.15) is 12.4 Å². The summed E-state index contributed by atoms with van der Waals surface area (Å²) in [6.45, 7) is 0.506. The minimum absolute atomic E-state index is 0.0628. The lowest BCUT2D eigenvalue weighted by atomic mass is 9.94. The Kier molecular flexibility index (Phi) is 7.27. The highest BCUT2D eigenvalue weighted by atomic mass is 32.2. The fourth-order valence-corrected chi connectivity index (χ4v) is 6.29. The molecule has 0 bridgehead atoms. The first kappa shape index (κ1) is 24.5. The van der Waals surface area contributed by atoms with Crippen molar-refractivity contribution in [3.05, 3.63) is 113 Å². The van der Waals surface area contributed by atoms with Gasteiger partial charge in [0.25, 0.3) is 5.91 Å². The Morgan fingerprint density at radius 1 is 0.842 bits per heavy atom. The van der Waals surface area contributed by atoms with Crippen LogP contribution in [0.4, 0.5) is 5.69 Å². The number of hydrogen-bond donors (Lipinski definition) is 0. The number of thioether (sulfide) groups is 1. The van der Waals surface area contributed by atoms with Crippen LogP contribution in [-0.4, -0.2) is 22.0 Å². The Morgan fingerprint density at radius 3 is 2.39 bits per heavy atom. The van der Waals surface area contributed by atoms with Gasteiger partial charge in [0.05, 0.1) is 10.6 Å². The smallest absolute Gasteiger partial charge is 0.267 e. The first-order valence-electron chi connectivity index (χ1n) is 13.3. The zero-order valence-electron chi connectivity index (χ0n) is 21.3. The number of fused-ring (bicyclic) bond motifs is 1. The summed E-state index contributed by atoms with van der Waals surface area (Å²) >= 11 is 1.48. The van der Waals surface area contributed by atoms with E-state index in [1.807, 2.05) is 65.6 Å². The van der Waals surface area contributed by atoms with Crippen molar-refractivity contribution in [3.8, 4) is 5.75 Å². The highest BCUT2D eigenvalue weighted by Crippen LogP contribution is 2.38. The van der Waals surface area contributed by atoms with Crippen LogP contribution in [0.2, 0.25) is 0 Å². The molecule has 1 saturated heterocycles. The molecular formula is C33H30N2O2S. The molecule has 4 aromatic rings. The van der Waals surface area contributed by atoms with E-state index in [0.29, 0.717) is 6.61 Å². The van der Waals surface area contributed by atoms with Gasteiger partial charge in [0.15, 0.2) is 5.17 Å². The number of amidine groups is 1. The zero-order chi connectivity index (χ0) is 25.7. The molecule has 0 unspecified atom stereocenters. The van der Waals surface area contributed by atoms with E-state index >= 15 is 0 Å². The maximum absolute atomic E-state index is 13.6. The number of amides is 1. The topological polar surface area (TPSA) is 41.9 Å². The molecule has 2 aliphatic rings. The van der Waals surface area contributed by atoms with Crippen LogP contribution in [0.25, 0.3) is 16.8 Å². The Balaban J connectivity index is 1.20. The molecule has 0 aromatic heterocycles. The molecule has 1 saturated carbocycles. The van der Waals surface area contributed by atoms with Gasteiger partial charge >= 0.3 is 0 Å². The van der Waals surface area contributed by atoms with Gasteiger partial charge in [-0.05, 0) is 76.8 Å². The lowest BCUT2D eigenvalue weighted by Crippen LogP contribution is -2.40. The van der Waals surface area contributed by atoms with E-state index in [-0.39, 0.29) is 11.9 Å². The average Bonchev–Trinajstić information content (AvgIpc) is 3.27. The van der Waals surface area contributed by atoms with E-state index in [1.165, 1.54) is 29.0 Å². The second-order valence-corrected chi connectivity index (χ2v) is 10.8. The van der Waals surface area contributed by atoms with Crippen LogP contribution in [-0.2, 0) is 11.4 Å². The fraction of sp³-hybridized carbons (Fsp3) is 0.212. The van der Waals surface area contributed by atoms with Gasteiger partial charge in [-0.15, -0.1) is 0 Å². The van der Waals surface area contributed by atoms with Gasteiger partial charge in [0, 0.05) is 6.04 Å². The largest absolute Gasteiger partial charge is 0.489 e. The number of benzene rings is 4. The van der Waals surface area contributed by atoms with E-state index in [9.17, 15) is 4.79 Å². The molecule has 6 rings (SSSR count). The molecule has 1 heterocycles. The molecule has 5 heteroatoms. The molecule has 1 aliphatic carbocycles. The third-order valence-electron chi connectivity index (χ3n) is 7.21. The van der Waals surface area contributed by atoms with Crippen LogP contribution in [0.5, 0.6) is 5.75 Å². The quantitative estimate of drug-likeness (QED) is 0.241. The predicted octanol–water partition coefficient (Wildman–Crippen LogP) is 8.36. The number of carbonyl (C=O) groups is 1. The van der Waals surface area contributed by atoms with Crippen LogP contribution in [0.1, 0.15) is 43.2 Å². The van der Waals surface area contributed by atoms with Crippen molar-refractivity contribution in [1.29, 1.82) is 0 Å². The molecule has 2 fully saturated rings. The first-order chi connectivity index (χ1) is 18.7. The monoisotopic (exact) mass is 518 g/mol. The molecule has 0 N–H and O–H groups in total. The van der Waals surface area contributed by atoms with E-state index in [1.54, 1.807) is 0 Å². The molecule has 0 spiro atoms. The number of nitrogens with zero attached hydrogens (tertiary/aromatic N) is 2. The number of rotatable bonds is 6. The van der Waals surface area contributed by atoms with Crippen LogP contribution < -0.4 is 4.74 Å². The van der Waals surface area contributed by atoms with E-state index in [2.05, 4.69) is 42.5 Å². The summed E-state index contributed by atoms with van der Waals surface area (Å²) in [5.41, 5.74) is 3.01. The molecule has 0 atom stereocenters. The van der Waals surface area contributed by atoms with Crippen molar-refractivity contribution in [2.24, 2.45) is 4.99 Å². The van der Waals surface area contributed by atoms with Gasteiger partial charge in [-0.1, -0.05) is 92.1 Å². The molecule has 1 amide bonds. The van der Waals surface area contributed by atoms with Gasteiger partial charge in [0.2, 0.25) is 0 Å². The molecular weight excluding hydrogens is 488 g/mol. The third kappa shape index (κ3) is 5.39. The van der Waals surface area contributed by atoms with E-state index in [4.69, 9.17) is 9.73 Å². The SMILES string of the molecule is O=C1C(=Cc2ccc(OCc3cccc4ccccc34)cc2)SC(=Nc2ccccc2)N1C1CCCCC1. The van der Waals surface area contributed by atoms with Gasteiger partial charge in [-0.3, -0.25) is 9.69 Å². The first-order valence-corrected chi connectivity index (χ1v) is 14.1. The maximum Gasteiger partial charge on any atom is 0.267 e. The molecule has 0 radical (unpaired) electrons. The zero-order valence-corrected chi connectivity index (χ0v) is 22.1. The summed E-state index contributed by atoms with van der Waals surface area (Å²) in [4.78, 5) is 21.1. The normalized spacial score (nSPS) is 18.5. The third-order valence-corrected chi connectivity index (χ3v) is 8.19. The lowest BCUT2D eigenvalue weighted by molar-refractivity contribution is -0.124. The van der Waals surface area contributed by atoms with E-state index < -0.39 is 0 Å². The van der Waals surface area contributed by atoms with Crippen LogP contribution in [0, 0.1) is 0 Å². The summed E-state index contributed by atoms with van der Waals surface area (Å²) in [5, 5.41) is 3.21. The van der Waals surface area contributed by atoms with Crippen LogP contribution >= 0.6 is 11.8 Å². The van der Waals surface area contributed by atoms with Crippen LogP contribution in [0.3, 0.4) is 0 Å². The fourth-order valence-electron chi connectivity index (χ4n) is 5.23. The predicted molar refractivity (Wildman–Crippen MR) is 158 cm³/mol. The van der Waals surface area contributed by atoms with Gasteiger partial charge in [-0.25, -0.2) is 4.99 Å². The highest BCUT2D eigenvalue weighted by molar-refractivity contribution is 8.18. The summed E-state index contributed by atoms with van der Waals surface area (Å²) in [7, 11) is 0. The second-order valence-electron chi connectivity index (χ2n) is 9.80. The van der Waals surface area contributed by atoms with Crippen molar-refractivity contribution in [2.45, 2.75) is 44.8 Å². The molecule has 4 aromatic carbocycles. The number of ether oxygens (including phenoxy) is 1. The Morgan fingerprint density at radius 2 is 1.58 bits per heavy atom. The summed E-state index contributed by atoms with van der Waals surface area (Å²) < 4.78 is 6.11. The minimum Gasteiger partial charge on any atom is -0.489 e. The number of carbonyl (C=O) groups excluding carboxylic acids is 1. The standard InChI is InChI=1S/C33H30N2O2S/c36-32-31(38-33(34-27-13-3-1-4-14-27)35(32)28-15-5-2-6-16-28)22-24-18-20-29(21-19-24)37-23-26-12-9-11-25-10-7-8-17-30(25)26/h1,3-4,7-14,17-22,28H,2,5-6,15-16,23H2. The molecule has 4 nitrogen and oxygen atoms in total. The Bertz CT molecular complexity index is 1480. The van der Waals surface area contributed by atoms with E-state index in [0.717, 1.165) is 58.3 Å². The van der Waals surface area contributed by atoms with Crippen molar-refractivity contribution >= 4 is 45.4 Å². The number of para-hydroxylation sites is 1. The van der Waals surface area contributed by atoms with Gasteiger partial charge in [-0.2, -0.15) is 0 Å². The highest BCUT2D eigenvalue weighted by Gasteiger charge is 2.38. The van der Waals surface area contributed by atoms with Crippen molar-refractivity contribution in [2.75, 3.05) is 0 Å². The van der Waals surface area contributed by atoms with Crippen molar-refractivity contribution < 1.29 is 9.53 Å². The molecule has 1 aliphatic heterocycles. The van der Waals surface area contributed by atoms with Crippen molar-refractivity contribution in [1.82, 2.24) is 4.90 Å². The molecule has 190 valence electrons. The van der Waals surface area contributed by atoms with Crippen molar-refractivity contribution in [3.63, 3.8) is 0 Å². The van der Waals surface area contributed by atoms with Crippen LogP contribution in [0.15, 0.2) is 107 Å². The molecule has 38 heavy (non-hydrogen) atoms. The maximum atomic E-state index is 13.6. The summed E-state index contributed by atoms with van der Waals surface area (Å²) in [6.07, 6.45) is 7.62. The lowest BCUT2D eigenvalue weighted by Gasteiger charge is -2.30. The Hall–Kier alpha value is -3.83. The summed E-state index contributed by atoms with van der Waals surface area (Å²) in [5.74, 6) is 0.869. The second kappa shape index (κ2) is 11.3. The Labute approximate surface area is 228 Å². The average molecular weight is 519 g/mol. The van der Waals surface area contributed by atoms with Gasteiger partial charge < -0.3 is 4.74 Å². The minimum atomic E-state index is 0.0628. The number of hydrogen-bond acceptors (Lipinski definition) is 4. The number of aliphatic imine (C=N–C) groups is 1. The summed E-state index contributed by atoms with van der Waals surface area (Å²) in [6, 6.07) is 32.7.